The number of β-amino-alcohol motifs (C(OH)–C–C–N with tert-alkyl or cyclic N) is 1. The van der Waals surface area contributed by atoms with Crippen molar-refractivity contribution in [1.82, 2.24) is 10.2 Å². The highest BCUT2D eigenvalue weighted by Gasteiger charge is 2.29. The molecule has 1 aliphatic rings. The van der Waals surface area contributed by atoms with E-state index in [9.17, 15) is 9.90 Å². The first kappa shape index (κ1) is 13.2. The number of nitrogens with zero attached hydrogens (tertiary/aromatic N) is 1. The second-order valence-corrected chi connectivity index (χ2v) is 4.39. The minimum absolute atomic E-state index is 0.0927. The molecule has 16 heavy (non-hydrogen) atoms. The summed E-state index contributed by atoms with van der Waals surface area (Å²) in [6.07, 6.45) is 5.14. The largest absolute Gasteiger partial charge is 0.392 e. The van der Waals surface area contributed by atoms with Crippen LogP contribution in [0.5, 0.6) is 0 Å². The van der Waals surface area contributed by atoms with Crippen molar-refractivity contribution in [2.24, 2.45) is 0 Å². The number of rotatable bonds is 6. The van der Waals surface area contributed by atoms with Gasteiger partial charge in [0, 0.05) is 20.1 Å². The Balaban J connectivity index is 2.22. The third-order valence-electron chi connectivity index (χ3n) is 2.93. The van der Waals surface area contributed by atoms with E-state index in [0.717, 1.165) is 25.8 Å². The number of carbonyl (C=O) groups excluding carboxylic acids is 1. The Hall–Kier alpha value is -0.870. The molecule has 0 aliphatic carbocycles. The molecule has 0 bridgehead atoms. The van der Waals surface area contributed by atoms with Crippen molar-refractivity contribution in [2.75, 3.05) is 20.1 Å². The van der Waals surface area contributed by atoms with Gasteiger partial charge in [0.15, 0.2) is 0 Å². The molecule has 0 aromatic heterocycles. The molecule has 1 aliphatic heterocycles. The van der Waals surface area contributed by atoms with E-state index in [0.29, 0.717) is 13.0 Å². The topological polar surface area (TPSA) is 52.6 Å². The SMILES string of the molecule is C=CCCCCN(C)C(=O)C1CC(O)CN1. The number of nitrogens with one attached hydrogen (secondary N) is 1. The van der Waals surface area contributed by atoms with Crippen LogP contribution in [0, 0.1) is 0 Å². The predicted octanol–water partition coefficient (Wildman–Crippen LogP) is 0.524. The van der Waals surface area contributed by atoms with Gasteiger partial charge in [-0.15, -0.1) is 6.58 Å². The molecule has 2 unspecified atom stereocenters. The number of amides is 1. The summed E-state index contributed by atoms with van der Waals surface area (Å²) >= 11 is 0. The van der Waals surface area contributed by atoms with Crippen molar-refractivity contribution in [2.45, 2.75) is 37.8 Å². The van der Waals surface area contributed by atoms with Crippen LogP contribution >= 0.6 is 0 Å². The highest BCUT2D eigenvalue weighted by Crippen LogP contribution is 2.09. The third-order valence-corrected chi connectivity index (χ3v) is 2.93. The summed E-state index contributed by atoms with van der Waals surface area (Å²) in [4.78, 5) is 13.6. The first-order valence-electron chi connectivity index (χ1n) is 5.92. The Bertz CT molecular complexity index is 243. The smallest absolute Gasteiger partial charge is 0.239 e. The van der Waals surface area contributed by atoms with Crippen LogP contribution in [0.4, 0.5) is 0 Å². The minimum atomic E-state index is -0.372. The minimum Gasteiger partial charge on any atom is -0.392 e. The Kier molecular flexibility index (Phi) is 5.49. The van der Waals surface area contributed by atoms with Crippen molar-refractivity contribution >= 4 is 5.91 Å². The lowest BCUT2D eigenvalue weighted by atomic mass is 10.1. The Morgan fingerprint density at radius 3 is 2.94 bits per heavy atom. The van der Waals surface area contributed by atoms with Crippen LogP contribution in [0.15, 0.2) is 12.7 Å². The molecule has 92 valence electrons. The van der Waals surface area contributed by atoms with E-state index in [4.69, 9.17) is 0 Å². The van der Waals surface area contributed by atoms with Gasteiger partial charge in [0.1, 0.15) is 0 Å². The van der Waals surface area contributed by atoms with Gasteiger partial charge in [-0.2, -0.15) is 0 Å². The third kappa shape index (κ3) is 3.94. The lowest BCUT2D eigenvalue weighted by Gasteiger charge is -2.20. The maximum absolute atomic E-state index is 11.9. The molecule has 1 rings (SSSR count). The standard InChI is InChI=1S/C12H22N2O2/c1-3-4-5-6-7-14(2)12(16)11-8-10(15)9-13-11/h3,10-11,13,15H,1,4-9H2,2H3. The Morgan fingerprint density at radius 2 is 2.38 bits per heavy atom. The zero-order chi connectivity index (χ0) is 12.0. The Morgan fingerprint density at radius 1 is 1.62 bits per heavy atom. The number of unbranched alkanes of at least 4 members (excludes halogenated alkanes) is 2. The van der Waals surface area contributed by atoms with Crippen LogP contribution in [-0.4, -0.2) is 48.2 Å². The van der Waals surface area contributed by atoms with Crippen LogP contribution < -0.4 is 5.32 Å². The molecule has 1 saturated heterocycles. The number of carbonyl (C=O) groups is 1. The maximum Gasteiger partial charge on any atom is 0.239 e. The highest BCUT2D eigenvalue weighted by atomic mass is 16.3. The normalized spacial score (nSPS) is 24.4. The van der Waals surface area contributed by atoms with Gasteiger partial charge in [0.05, 0.1) is 12.1 Å². The summed E-state index contributed by atoms with van der Waals surface area (Å²) in [6.45, 7) is 4.97. The molecule has 1 amide bonds. The zero-order valence-corrected chi connectivity index (χ0v) is 9.98. The number of aliphatic hydroxyl groups is 1. The number of aliphatic hydroxyl groups excluding tert-OH is 1. The van der Waals surface area contributed by atoms with Gasteiger partial charge in [-0.1, -0.05) is 6.08 Å². The fraction of sp³-hybridized carbons (Fsp3) is 0.750. The summed E-state index contributed by atoms with van der Waals surface area (Å²) < 4.78 is 0. The van der Waals surface area contributed by atoms with Crippen molar-refractivity contribution in [1.29, 1.82) is 0 Å². The molecule has 4 heteroatoms. The summed E-state index contributed by atoms with van der Waals surface area (Å²) in [5.41, 5.74) is 0. The average Bonchev–Trinajstić information content (AvgIpc) is 2.70. The van der Waals surface area contributed by atoms with E-state index < -0.39 is 0 Å². The molecule has 0 aromatic carbocycles. The highest BCUT2D eigenvalue weighted by molar-refractivity contribution is 5.82. The van der Waals surface area contributed by atoms with Crippen molar-refractivity contribution in [3.63, 3.8) is 0 Å². The first-order valence-corrected chi connectivity index (χ1v) is 5.92. The molecule has 4 nitrogen and oxygen atoms in total. The Labute approximate surface area is 97.3 Å². The predicted molar refractivity (Wildman–Crippen MR) is 64.1 cm³/mol. The van der Waals surface area contributed by atoms with E-state index in [1.54, 1.807) is 4.90 Å². The van der Waals surface area contributed by atoms with Gasteiger partial charge >= 0.3 is 0 Å². The summed E-state index contributed by atoms with van der Waals surface area (Å²) in [6, 6.07) is -0.195. The van der Waals surface area contributed by atoms with E-state index >= 15 is 0 Å². The summed E-state index contributed by atoms with van der Waals surface area (Å²) in [7, 11) is 1.82. The molecular weight excluding hydrogens is 204 g/mol. The van der Waals surface area contributed by atoms with Crippen LogP contribution in [0.25, 0.3) is 0 Å². The molecule has 0 spiro atoms. The van der Waals surface area contributed by atoms with E-state index in [1.807, 2.05) is 13.1 Å². The first-order chi connectivity index (χ1) is 7.65. The van der Waals surface area contributed by atoms with E-state index in [2.05, 4.69) is 11.9 Å². The maximum atomic E-state index is 11.9. The van der Waals surface area contributed by atoms with Crippen molar-refractivity contribution < 1.29 is 9.90 Å². The van der Waals surface area contributed by atoms with Gasteiger partial charge in [0.2, 0.25) is 5.91 Å². The summed E-state index contributed by atoms with van der Waals surface area (Å²) in [5, 5.41) is 12.4. The molecule has 0 saturated carbocycles. The molecule has 1 fully saturated rings. The monoisotopic (exact) mass is 226 g/mol. The van der Waals surface area contributed by atoms with Crippen LogP contribution in [0.2, 0.25) is 0 Å². The van der Waals surface area contributed by atoms with Gasteiger partial charge < -0.3 is 15.3 Å². The quantitative estimate of drug-likeness (QED) is 0.513. The second kappa shape index (κ2) is 6.66. The van der Waals surface area contributed by atoms with Crippen LogP contribution in [0.3, 0.4) is 0 Å². The molecule has 0 radical (unpaired) electrons. The lowest BCUT2D eigenvalue weighted by Crippen LogP contribution is -2.41. The fourth-order valence-corrected chi connectivity index (χ4v) is 1.92. The molecule has 2 N–H and O–H groups in total. The number of likely N-dealkylation sites (N-methyl/N-ethyl adjacent to an activating group) is 1. The van der Waals surface area contributed by atoms with Crippen LogP contribution in [-0.2, 0) is 4.79 Å². The average molecular weight is 226 g/mol. The van der Waals surface area contributed by atoms with E-state index in [1.165, 1.54) is 0 Å². The molecular formula is C12H22N2O2. The zero-order valence-electron chi connectivity index (χ0n) is 9.98. The van der Waals surface area contributed by atoms with Gasteiger partial charge in [0.25, 0.3) is 0 Å². The van der Waals surface area contributed by atoms with Gasteiger partial charge in [-0.25, -0.2) is 0 Å². The number of allylic oxidation sites excluding steroid dienone is 1. The lowest BCUT2D eigenvalue weighted by molar-refractivity contribution is -0.132. The van der Waals surface area contributed by atoms with Gasteiger partial charge in [-0.3, -0.25) is 4.79 Å². The van der Waals surface area contributed by atoms with Crippen molar-refractivity contribution in [3.05, 3.63) is 12.7 Å². The van der Waals surface area contributed by atoms with Gasteiger partial charge in [-0.05, 0) is 25.7 Å². The number of hydrogen-bond acceptors (Lipinski definition) is 3. The number of hydrogen-bond donors (Lipinski definition) is 2. The van der Waals surface area contributed by atoms with Crippen LogP contribution in [0.1, 0.15) is 25.7 Å². The second-order valence-electron chi connectivity index (χ2n) is 4.39. The molecule has 1 heterocycles. The molecule has 0 aromatic rings. The summed E-state index contributed by atoms with van der Waals surface area (Å²) in [5.74, 6) is 0.0927. The molecule has 2 atom stereocenters. The van der Waals surface area contributed by atoms with E-state index in [-0.39, 0.29) is 18.1 Å². The fourth-order valence-electron chi connectivity index (χ4n) is 1.92. The van der Waals surface area contributed by atoms with Crippen molar-refractivity contribution in [3.8, 4) is 0 Å².